The second-order valence-electron chi connectivity index (χ2n) is 5.87. The van der Waals surface area contributed by atoms with Crippen LogP contribution in [-0.2, 0) is 4.79 Å². The van der Waals surface area contributed by atoms with Crippen LogP contribution in [0, 0.1) is 17.8 Å². The number of rotatable bonds is 5. The highest BCUT2D eigenvalue weighted by Crippen LogP contribution is 2.49. The highest BCUT2D eigenvalue weighted by Gasteiger charge is 2.51. The average Bonchev–Trinajstić information content (AvgIpc) is 3.10. The molecule has 1 aromatic heterocycles. The third kappa shape index (κ3) is 2.32. The molecule has 0 spiro atoms. The van der Waals surface area contributed by atoms with E-state index in [1.807, 2.05) is 0 Å². The third-order valence-corrected chi connectivity index (χ3v) is 5.88. The smallest absolute Gasteiger partial charge is 0.308 e. The topological polar surface area (TPSA) is 49.3 Å². The van der Waals surface area contributed by atoms with Crippen molar-refractivity contribution in [2.75, 3.05) is 0 Å². The van der Waals surface area contributed by atoms with Gasteiger partial charge in [-0.3, -0.25) is 4.79 Å². The maximum atomic E-state index is 11.5. The molecule has 1 aromatic rings. The zero-order valence-corrected chi connectivity index (χ0v) is 12.0. The summed E-state index contributed by atoms with van der Waals surface area (Å²) in [6, 6.07) is 4.70. The lowest BCUT2D eigenvalue weighted by molar-refractivity contribution is -0.144. The number of nitrogens with one attached hydrogen (secondary N) is 1. The number of carboxylic acid groups (broad SMARTS) is 1. The first-order valence-corrected chi connectivity index (χ1v) is 8.11. The molecule has 2 fully saturated rings. The average molecular weight is 279 g/mol. The Morgan fingerprint density at radius 3 is 2.95 bits per heavy atom. The fourth-order valence-corrected chi connectivity index (χ4v) is 4.88. The van der Waals surface area contributed by atoms with Gasteiger partial charge in [-0.05, 0) is 49.0 Å². The molecule has 2 N–H and O–H groups in total. The van der Waals surface area contributed by atoms with Crippen molar-refractivity contribution in [2.24, 2.45) is 17.8 Å². The molecule has 0 radical (unpaired) electrons. The molecule has 5 atom stereocenters. The lowest BCUT2D eigenvalue weighted by Gasteiger charge is -2.32. The summed E-state index contributed by atoms with van der Waals surface area (Å²) in [4.78, 5) is 12.8. The molecule has 0 aromatic carbocycles. The molecule has 0 aliphatic heterocycles. The summed E-state index contributed by atoms with van der Waals surface area (Å²) in [6.07, 6.45) is 4.43. The molecular formula is C15H21NO2S. The van der Waals surface area contributed by atoms with Crippen LogP contribution in [0.15, 0.2) is 17.5 Å². The summed E-state index contributed by atoms with van der Waals surface area (Å²) >= 11 is 1.76. The second kappa shape index (κ2) is 5.25. The van der Waals surface area contributed by atoms with E-state index in [2.05, 4.69) is 29.8 Å². The minimum atomic E-state index is -0.606. The fourth-order valence-electron chi connectivity index (χ4n) is 4.01. The Balaban J connectivity index is 1.76. The second-order valence-corrected chi connectivity index (χ2v) is 6.85. The number of fused-ring (bicyclic) bond motifs is 2. The van der Waals surface area contributed by atoms with E-state index >= 15 is 0 Å². The number of thiophene rings is 1. The van der Waals surface area contributed by atoms with Gasteiger partial charge in [0.05, 0.1) is 5.92 Å². The molecule has 2 aliphatic rings. The summed E-state index contributed by atoms with van der Waals surface area (Å²) < 4.78 is 0. The molecule has 4 heteroatoms. The van der Waals surface area contributed by atoms with Crippen molar-refractivity contribution >= 4 is 17.3 Å². The van der Waals surface area contributed by atoms with E-state index in [0.29, 0.717) is 17.9 Å². The minimum absolute atomic E-state index is 0.170. The first-order valence-electron chi connectivity index (χ1n) is 7.23. The highest BCUT2D eigenvalue weighted by atomic mass is 32.1. The maximum Gasteiger partial charge on any atom is 0.308 e. The lowest BCUT2D eigenvalue weighted by Crippen LogP contribution is -2.45. The van der Waals surface area contributed by atoms with Crippen molar-refractivity contribution in [3.63, 3.8) is 0 Å². The molecule has 5 unspecified atom stereocenters. The first kappa shape index (κ1) is 13.1. The Kier molecular flexibility index (Phi) is 3.63. The van der Waals surface area contributed by atoms with Gasteiger partial charge in [0.1, 0.15) is 0 Å². The molecule has 3 rings (SSSR count). The first-order chi connectivity index (χ1) is 9.20. The number of carboxylic acids is 1. The molecule has 19 heavy (non-hydrogen) atoms. The summed E-state index contributed by atoms with van der Waals surface area (Å²) in [5.41, 5.74) is 0. The fraction of sp³-hybridized carbons (Fsp3) is 0.667. The maximum absolute atomic E-state index is 11.5. The van der Waals surface area contributed by atoms with E-state index in [-0.39, 0.29) is 12.0 Å². The van der Waals surface area contributed by atoms with E-state index < -0.39 is 5.97 Å². The van der Waals surface area contributed by atoms with Crippen LogP contribution in [-0.4, -0.2) is 17.1 Å². The molecule has 0 saturated heterocycles. The normalized spacial score (nSPS) is 34.6. The van der Waals surface area contributed by atoms with Gasteiger partial charge in [0.2, 0.25) is 0 Å². The number of carbonyl (C=O) groups is 1. The number of hydrogen-bond donors (Lipinski definition) is 2. The number of hydrogen-bond acceptors (Lipinski definition) is 3. The molecule has 104 valence electrons. The summed E-state index contributed by atoms with van der Waals surface area (Å²) in [7, 11) is 0. The molecule has 2 aliphatic carbocycles. The van der Waals surface area contributed by atoms with E-state index in [1.54, 1.807) is 11.3 Å². The van der Waals surface area contributed by atoms with Crippen LogP contribution in [0.25, 0.3) is 0 Å². The van der Waals surface area contributed by atoms with Gasteiger partial charge < -0.3 is 10.4 Å². The third-order valence-electron chi connectivity index (χ3n) is 4.89. The Bertz CT molecular complexity index is 445. The summed E-state index contributed by atoms with van der Waals surface area (Å²) in [5, 5.41) is 15.2. The standard InChI is InChI=1S/C15H21NO2S/c1-2-11(12-4-3-7-19-12)16-14-10-6-5-9(8-10)13(14)15(17)18/h3-4,7,9-11,13-14,16H,2,5-6,8H2,1H3,(H,17,18). The van der Waals surface area contributed by atoms with Crippen LogP contribution < -0.4 is 5.32 Å². The largest absolute Gasteiger partial charge is 0.481 e. The van der Waals surface area contributed by atoms with Crippen molar-refractivity contribution in [2.45, 2.75) is 44.7 Å². The Morgan fingerprint density at radius 2 is 2.32 bits per heavy atom. The van der Waals surface area contributed by atoms with E-state index in [9.17, 15) is 9.90 Å². The summed E-state index contributed by atoms with van der Waals surface area (Å²) in [5.74, 6) is 0.194. The van der Waals surface area contributed by atoms with Crippen LogP contribution in [0.4, 0.5) is 0 Å². The van der Waals surface area contributed by atoms with E-state index in [1.165, 1.54) is 11.3 Å². The Morgan fingerprint density at radius 1 is 1.53 bits per heavy atom. The van der Waals surface area contributed by atoms with Crippen molar-refractivity contribution < 1.29 is 9.90 Å². The van der Waals surface area contributed by atoms with Crippen LogP contribution >= 0.6 is 11.3 Å². The van der Waals surface area contributed by atoms with Gasteiger partial charge in [-0.25, -0.2) is 0 Å². The predicted molar refractivity (Wildman–Crippen MR) is 76.2 cm³/mol. The molecular weight excluding hydrogens is 258 g/mol. The molecule has 2 saturated carbocycles. The van der Waals surface area contributed by atoms with Crippen LogP contribution in [0.5, 0.6) is 0 Å². The van der Waals surface area contributed by atoms with Gasteiger partial charge in [0.25, 0.3) is 0 Å². The van der Waals surface area contributed by atoms with Crippen molar-refractivity contribution in [1.82, 2.24) is 5.32 Å². The molecule has 3 nitrogen and oxygen atoms in total. The lowest BCUT2D eigenvalue weighted by atomic mass is 9.84. The quantitative estimate of drug-likeness (QED) is 0.869. The van der Waals surface area contributed by atoms with Crippen molar-refractivity contribution in [3.05, 3.63) is 22.4 Å². The van der Waals surface area contributed by atoms with Gasteiger partial charge in [0, 0.05) is 17.0 Å². The monoisotopic (exact) mass is 279 g/mol. The zero-order chi connectivity index (χ0) is 13.4. The van der Waals surface area contributed by atoms with Gasteiger partial charge >= 0.3 is 5.97 Å². The zero-order valence-electron chi connectivity index (χ0n) is 11.2. The van der Waals surface area contributed by atoms with E-state index in [0.717, 1.165) is 19.3 Å². The van der Waals surface area contributed by atoms with Crippen molar-refractivity contribution in [3.8, 4) is 0 Å². The van der Waals surface area contributed by atoms with E-state index in [4.69, 9.17) is 0 Å². The van der Waals surface area contributed by atoms with Crippen LogP contribution in [0.3, 0.4) is 0 Å². The van der Waals surface area contributed by atoms with Gasteiger partial charge in [0.15, 0.2) is 0 Å². The van der Waals surface area contributed by atoms with Gasteiger partial charge in [-0.1, -0.05) is 13.0 Å². The molecule has 0 amide bonds. The minimum Gasteiger partial charge on any atom is -0.481 e. The van der Waals surface area contributed by atoms with Gasteiger partial charge in [-0.15, -0.1) is 11.3 Å². The predicted octanol–water partition coefficient (Wildman–Crippen LogP) is 3.29. The van der Waals surface area contributed by atoms with Gasteiger partial charge in [-0.2, -0.15) is 0 Å². The molecule has 2 bridgehead atoms. The van der Waals surface area contributed by atoms with Crippen molar-refractivity contribution in [1.29, 1.82) is 0 Å². The van der Waals surface area contributed by atoms with Crippen LogP contribution in [0.2, 0.25) is 0 Å². The summed E-state index contributed by atoms with van der Waals surface area (Å²) in [6.45, 7) is 2.17. The van der Waals surface area contributed by atoms with Crippen LogP contribution in [0.1, 0.15) is 43.5 Å². The Hall–Kier alpha value is -0.870. The Labute approximate surface area is 118 Å². The number of aliphatic carboxylic acids is 1. The SMILES string of the molecule is CCC(NC1C2CCC(C2)C1C(=O)O)c1cccs1. The highest BCUT2D eigenvalue weighted by molar-refractivity contribution is 7.10. The molecule has 1 heterocycles.